The van der Waals surface area contributed by atoms with Gasteiger partial charge in [-0.25, -0.2) is 0 Å². The van der Waals surface area contributed by atoms with Gasteiger partial charge in [0.1, 0.15) is 17.3 Å². The number of carbonyl (C=O) groups is 3. The van der Waals surface area contributed by atoms with E-state index >= 15 is 0 Å². The maximum atomic E-state index is 13.1. The molecule has 0 unspecified atom stereocenters. The monoisotopic (exact) mass is 358 g/mol. The van der Waals surface area contributed by atoms with Crippen LogP contribution in [0.2, 0.25) is 0 Å². The second kappa shape index (κ2) is 6.53. The van der Waals surface area contributed by atoms with E-state index in [0.717, 1.165) is 0 Å². The fourth-order valence-corrected chi connectivity index (χ4v) is 3.12. The van der Waals surface area contributed by atoms with Crippen molar-refractivity contribution in [2.45, 2.75) is 6.92 Å². The highest BCUT2D eigenvalue weighted by atomic mass is 16.5. The molecule has 2 aromatic carbocycles. The number of benzene rings is 2. The van der Waals surface area contributed by atoms with Gasteiger partial charge >= 0.3 is 5.97 Å². The minimum absolute atomic E-state index is 0.0438. The van der Waals surface area contributed by atoms with Crippen LogP contribution in [0.25, 0.3) is 5.76 Å². The average molecular weight is 358 g/mol. The number of ketones is 2. The molecular weight excluding hydrogens is 344 g/mol. The molecule has 0 N–H and O–H groups in total. The summed E-state index contributed by atoms with van der Waals surface area (Å²) in [6.45, 7) is 1.24. The van der Waals surface area contributed by atoms with Crippen molar-refractivity contribution in [1.29, 1.82) is 0 Å². The lowest BCUT2D eigenvalue weighted by atomic mass is 9.81. The van der Waals surface area contributed by atoms with Crippen LogP contribution in [0, 0.1) is 0 Å². The lowest BCUT2D eigenvalue weighted by Gasteiger charge is -2.26. The molecule has 0 radical (unpaired) electrons. The summed E-state index contributed by atoms with van der Waals surface area (Å²) in [6, 6.07) is 15.9. The molecule has 0 aliphatic heterocycles. The quantitative estimate of drug-likeness (QED) is 0.784. The standard InChI is InChI=1S/C22H14O5/c1-13(23)26-18-12-11-17(24)19-20(18)21(25)15-9-5-6-10-16(15)22(19)27-14-7-3-2-4-8-14/h2-12H,1H3. The van der Waals surface area contributed by atoms with Crippen LogP contribution in [0.4, 0.5) is 0 Å². The molecule has 0 fully saturated rings. The number of rotatable bonds is 3. The van der Waals surface area contributed by atoms with Gasteiger partial charge in [-0.05, 0) is 24.3 Å². The highest BCUT2D eigenvalue weighted by Gasteiger charge is 2.38. The lowest BCUT2D eigenvalue weighted by molar-refractivity contribution is -0.136. The van der Waals surface area contributed by atoms with E-state index in [1.165, 1.54) is 19.1 Å². The Morgan fingerprint density at radius 3 is 2.19 bits per heavy atom. The van der Waals surface area contributed by atoms with E-state index in [1.807, 2.05) is 18.2 Å². The summed E-state index contributed by atoms with van der Waals surface area (Å²) < 4.78 is 11.2. The van der Waals surface area contributed by atoms with Crippen molar-refractivity contribution in [2.24, 2.45) is 0 Å². The molecule has 132 valence electrons. The van der Waals surface area contributed by atoms with E-state index in [0.29, 0.717) is 16.9 Å². The fraction of sp³-hybridized carbons (Fsp3) is 0.0455. The minimum Gasteiger partial charge on any atom is -0.456 e. The van der Waals surface area contributed by atoms with Crippen molar-refractivity contribution in [3.8, 4) is 5.75 Å². The molecule has 0 heterocycles. The number of carbonyl (C=O) groups excluding carboxylic acids is 3. The molecule has 4 rings (SSSR count). The van der Waals surface area contributed by atoms with E-state index in [1.54, 1.807) is 36.4 Å². The average Bonchev–Trinajstić information content (AvgIpc) is 2.67. The van der Waals surface area contributed by atoms with Crippen LogP contribution >= 0.6 is 0 Å². The van der Waals surface area contributed by atoms with E-state index in [9.17, 15) is 14.4 Å². The van der Waals surface area contributed by atoms with Crippen molar-refractivity contribution in [3.05, 3.63) is 94.8 Å². The molecule has 5 nitrogen and oxygen atoms in total. The summed E-state index contributed by atoms with van der Waals surface area (Å²) in [5.74, 6) is -0.492. The number of allylic oxidation sites excluding steroid dienone is 4. The van der Waals surface area contributed by atoms with Crippen molar-refractivity contribution in [1.82, 2.24) is 0 Å². The predicted molar refractivity (Wildman–Crippen MR) is 97.7 cm³/mol. The summed E-state index contributed by atoms with van der Waals surface area (Å²) in [5.41, 5.74) is 1.05. The second-order valence-electron chi connectivity index (χ2n) is 6.02. The predicted octanol–water partition coefficient (Wildman–Crippen LogP) is 3.63. The first-order chi connectivity index (χ1) is 13.1. The first kappa shape index (κ1) is 16.7. The van der Waals surface area contributed by atoms with Gasteiger partial charge in [-0.3, -0.25) is 14.4 Å². The third-order valence-electron chi connectivity index (χ3n) is 4.22. The number of para-hydroxylation sites is 1. The Morgan fingerprint density at radius 2 is 1.48 bits per heavy atom. The summed E-state index contributed by atoms with van der Waals surface area (Å²) in [7, 11) is 0. The van der Waals surface area contributed by atoms with Gasteiger partial charge in [-0.15, -0.1) is 0 Å². The van der Waals surface area contributed by atoms with Crippen LogP contribution < -0.4 is 4.74 Å². The smallest absolute Gasteiger partial charge is 0.308 e. The Balaban J connectivity index is 1.99. The Bertz CT molecular complexity index is 1070. The van der Waals surface area contributed by atoms with Gasteiger partial charge in [0.05, 0.1) is 11.1 Å². The number of ether oxygens (including phenoxy) is 2. The zero-order valence-corrected chi connectivity index (χ0v) is 14.4. The van der Waals surface area contributed by atoms with Gasteiger partial charge in [0, 0.05) is 18.1 Å². The third kappa shape index (κ3) is 2.89. The summed E-state index contributed by atoms with van der Waals surface area (Å²) in [5, 5.41) is 0. The maximum Gasteiger partial charge on any atom is 0.308 e. The van der Waals surface area contributed by atoms with E-state index < -0.39 is 5.97 Å². The van der Waals surface area contributed by atoms with Crippen molar-refractivity contribution < 1.29 is 23.9 Å². The summed E-state index contributed by atoms with van der Waals surface area (Å²) in [4.78, 5) is 37.2. The molecule has 0 spiro atoms. The number of hydrogen-bond acceptors (Lipinski definition) is 5. The summed E-state index contributed by atoms with van der Waals surface area (Å²) in [6.07, 6.45) is 2.61. The van der Waals surface area contributed by atoms with E-state index in [2.05, 4.69) is 0 Å². The Hall–Kier alpha value is -3.73. The normalized spacial score (nSPS) is 15.4. The number of Topliss-reactive ketones (excluding diaryl/α,β-unsaturated/α-hetero) is 1. The summed E-state index contributed by atoms with van der Waals surface area (Å²) >= 11 is 0. The molecule has 2 aliphatic rings. The van der Waals surface area contributed by atoms with Gasteiger partial charge in [0.15, 0.2) is 11.6 Å². The van der Waals surface area contributed by atoms with Crippen LogP contribution in [0.3, 0.4) is 0 Å². The first-order valence-corrected chi connectivity index (χ1v) is 8.33. The van der Waals surface area contributed by atoms with Gasteiger partial charge in [-0.2, -0.15) is 0 Å². The van der Waals surface area contributed by atoms with Crippen LogP contribution in [-0.2, 0) is 14.3 Å². The van der Waals surface area contributed by atoms with Gasteiger partial charge in [0.25, 0.3) is 0 Å². The number of hydrogen-bond donors (Lipinski definition) is 0. The molecular formula is C22H14O5. The number of fused-ring (bicyclic) bond motifs is 2. The van der Waals surface area contributed by atoms with Gasteiger partial charge < -0.3 is 9.47 Å². The molecule has 5 heteroatoms. The van der Waals surface area contributed by atoms with Gasteiger partial charge in [0.2, 0.25) is 0 Å². The molecule has 2 aliphatic carbocycles. The first-order valence-electron chi connectivity index (χ1n) is 8.33. The van der Waals surface area contributed by atoms with Crippen LogP contribution in [0.1, 0.15) is 22.8 Å². The zero-order chi connectivity index (χ0) is 19.0. The molecule has 27 heavy (non-hydrogen) atoms. The second-order valence-corrected chi connectivity index (χ2v) is 6.02. The molecule has 2 aromatic rings. The van der Waals surface area contributed by atoms with Crippen molar-refractivity contribution in [3.63, 3.8) is 0 Å². The van der Waals surface area contributed by atoms with Crippen LogP contribution in [-0.4, -0.2) is 17.5 Å². The van der Waals surface area contributed by atoms with Crippen LogP contribution in [0.5, 0.6) is 5.75 Å². The Labute approximate surface area is 155 Å². The maximum absolute atomic E-state index is 13.1. The van der Waals surface area contributed by atoms with Crippen molar-refractivity contribution in [2.75, 3.05) is 0 Å². The zero-order valence-electron chi connectivity index (χ0n) is 14.4. The van der Waals surface area contributed by atoms with E-state index in [-0.39, 0.29) is 34.2 Å². The van der Waals surface area contributed by atoms with Crippen LogP contribution in [0.15, 0.2) is 83.7 Å². The lowest BCUT2D eigenvalue weighted by Crippen LogP contribution is -2.26. The molecule has 0 atom stereocenters. The minimum atomic E-state index is -0.576. The SMILES string of the molecule is CC(=O)OC1=C2C(=O)c3ccccc3C(Oc3ccccc3)=C2C(=O)C=C1. The largest absolute Gasteiger partial charge is 0.456 e. The Morgan fingerprint density at radius 1 is 0.815 bits per heavy atom. The molecule has 0 aromatic heterocycles. The third-order valence-corrected chi connectivity index (χ3v) is 4.22. The Kier molecular flexibility index (Phi) is 4.05. The van der Waals surface area contributed by atoms with Gasteiger partial charge in [-0.1, -0.05) is 42.5 Å². The highest BCUT2D eigenvalue weighted by molar-refractivity contribution is 6.29. The molecule has 0 saturated carbocycles. The molecule has 0 saturated heterocycles. The molecule has 0 bridgehead atoms. The number of esters is 1. The highest BCUT2D eigenvalue weighted by Crippen LogP contribution is 2.40. The molecule has 0 amide bonds. The topological polar surface area (TPSA) is 69.7 Å². The van der Waals surface area contributed by atoms with Crippen molar-refractivity contribution >= 4 is 23.3 Å². The fourth-order valence-electron chi connectivity index (χ4n) is 3.12. The van der Waals surface area contributed by atoms with E-state index in [4.69, 9.17) is 9.47 Å².